The van der Waals surface area contributed by atoms with Gasteiger partial charge in [0.15, 0.2) is 0 Å². The molecule has 0 radical (unpaired) electrons. The second-order valence-corrected chi connectivity index (χ2v) is 7.88. The zero-order chi connectivity index (χ0) is 18.9. The molecule has 0 atom stereocenters. The molecule has 5 nitrogen and oxygen atoms in total. The normalized spacial score (nSPS) is 20.6. The molecule has 2 heterocycles. The first kappa shape index (κ1) is 18.2. The van der Waals surface area contributed by atoms with E-state index in [0.717, 1.165) is 43.2 Å². The minimum absolute atomic E-state index is 0.105. The minimum atomic E-state index is -1.18. The van der Waals surface area contributed by atoms with Crippen molar-refractivity contribution < 1.29 is 14.3 Å². The van der Waals surface area contributed by atoms with Gasteiger partial charge in [-0.3, -0.25) is 9.89 Å². The smallest absolute Gasteiger partial charge is 0.254 e. The Labute approximate surface area is 158 Å². The van der Waals surface area contributed by atoms with E-state index in [4.69, 9.17) is 0 Å². The van der Waals surface area contributed by atoms with E-state index in [-0.39, 0.29) is 17.6 Å². The highest BCUT2D eigenvalue weighted by Gasteiger charge is 2.41. The van der Waals surface area contributed by atoms with Crippen molar-refractivity contribution in [3.05, 3.63) is 42.0 Å². The summed E-state index contributed by atoms with van der Waals surface area (Å²) >= 11 is 0. The summed E-state index contributed by atoms with van der Waals surface area (Å²) in [5.74, 6) is -0.228. The summed E-state index contributed by atoms with van der Waals surface area (Å²) in [6.07, 6.45) is 8.91. The molecule has 27 heavy (non-hydrogen) atoms. The molecule has 2 aliphatic rings. The Morgan fingerprint density at radius 2 is 1.93 bits per heavy atom. The van der Waals surface area contributed by atoms with Gasteiger partial charge in [0, 0.05) is 24.8 Å². The molecular formula is C21H26FN3O2. The summed E-state index contributed by atoms with van der Waals surface area (Å²) in [5.41, 5.74) is 1.20. The molecule has 1 saturated carbocycles. The van der Waals surface area contributed by atoms with Crippen molar-refractivity contribution in [2.24, 2.45) is 0 Å². The maximum atomic E-state index is 14.7. The van der Waals surface area contributed by atoms with Crippen LogP contribution in [0, 0.1) is 5.82 Å². The van der Waals surface area contributed by atoms with E-state index in [2.05, 4.69) is 10.2 Å². The molecule has 4 rings (SSSR count). The van der Waals surface area contributed by atoms with Gasteiger partial charge in [0.25, 0.3) is 5.91 Å². The van der Waals surface area contributed by atoms with Gasteiger partial charge in [0.05, 0.1) is 6.20 Å². The molecule has 0 spiro atoms. The van der Waals surface area contributed by atoms with Crippen molar-refractivity contribution >= 4 is 5.91 Å². The van der Waals surface area contributed by atoms with Gasteiger partial charge >= 0.3 is 0 Å². The average Bonchev–Trinajstić information content (AvgIpc) is 3.23. The van der Waals surface area contributed by atoms with E-state index in [9.17, 15) is 14.3 Å². The van der Waals surface area contributed by atoms with E-state index in [0.29, 0.717) is 31.5 Å². The fourth-order valence-electron chi connectivity index (χ4n) is 4.48. The fraction of sp³-hybridized carbons (Fsp3) is 0.524. The molecule has 2 N–H and O–H groups in total. The standard InChI is InChI=1S/C21H26FN3O2/c22-19-12-16(17-13-23-24-14-17)4-5-18(19)15-6-10-25(11-7-15)20(26)21(27)8-2-1-3-9-21/h4-5,12-15,27H,1-3,6-11H2,(H,23,24). The second kappa shape index (κ2) is 7.43. The molecule has 1 aliphatic heterocycles. The number of carbonyl (C=O) groups excluding carboxylic acids is 1. The van der Waals surface area contributed by atoms with Crippen LogP contribution in [0.25, 0.3) is 11.1 Å². The van der Waals surface area contributed by atoms with Crippen molar-refractivity contribution in [3.63, 3.8) is 0 Å². The van der Waals surface area contributed by atoms with Crippen LogP contribution in [0.2, 0.25) is 0 Å². The zero-order valence-electron chi connectivity index (χ0n) is 15.5. The number of H-pyrrole nitrogens is 1. The van der Waals surface area contributed by atoms with Gasteiger partial charge in [-0.15, -0.1) is 0 Å². The molecule has 2 aromatic rings. The van der Waals surface area contributed by atoms with Crippen LogP contribution in [0.1, 0.15) is 56.4 Å². The Bertz CT molecular complexity index is 792. The van der Waals surface area contributed by atoms with Crippen molar-refractivity contribution in [3.8, 4) is 11.1 Å². The first-order valence-corrected chi connectivity index (χ1v) is 9.87. The maximum Gasteiger partial charge on any atom is 0.254 e. The summed E-state index contributed by atoms with van der Waals surface area (Å²) in [6, 6.07) is 5.34. The third-order valence-corrected chi connectivity index (χ3v) is 6.13. The van der Waals surface area contributed by atoms with Crippen LogP contribution in [-0.4, -0.2) is 44.8 Å². The summed E-state index contributed by atoms with van der Waals surface area (Å²) in [4.78, 5) is 14.5. The number of hydrogen-bond acceptors (Lipinski definition) is 3. The second-order valence-electron chi connectivity index (χ2n) is 7.88. The first-order valence-electron chi connectivity index (χ1n) is 9.87. The van der Waals surface area contributed by atoms with Gasteiger partial charge in [-0.1, -0.05) is 31.4 Å². The zero-order valence-corrected chi connectivity index (χ0v) is 15.5. The van der Waals surface area contributed by atoms with Crippen molar-refractivity contribution in [2.45, 2.75) is 56.5 Å². The van der Waals surface area contributed by atoms with Crippen LogP contribution < -0.4 is 0 Å². The van der Waals surface area contributed by atoms with Gasteiger partial charge in [0.1, 0.15) is 11.4 Å². The molecule has 1 aromatic carbocycles. The molecule has 0 bridgehead atoms. The number of amides is 1. The average molecular weight is 371 g/mol. The van der Waals surface area contributed by atoms with Crippen LogP contribution in [0.4, 0.5) is 4.39 Å². The summed E-state index contributed by atoms with van der Waals surface area (Å²) < 4.78 is 14.7. The number of likely N-dealkylation sites (tertiary alicyclic amines) is 1. The quantitative estimate of drug-likeness (QED) is 0.866. The maximum absolute atomic E-state index is 14.7. The Morgan fingerprint density at radius 1 is 1.19 bits per heavy atom. The molecular weight excluding hydrogens is 345 g/mol. The minimum Gasteiger partial charge on any atom is -0.380 e. The van der Waals surface area contributed by atoms with Gasteiger partial charge < -0.3 is 10.0 Å². The van der Waals surface area contributed by atoms with Gasteiger partial charge in [-0.2, -0.15) is 5.10 Å². The molecule has 1 saturated heterocycles. The van der Waals surface area contributed by atoms with E-state index >= 15 is 0 Å². The molecule has 144 valence electrons. The molecule has 1 aliphatic carbocycles. The predicted molar refractivity (Wildman–Crippen MR) is 101 cm³/mol. The number of carbonyl (C=O) groups is 1. The lowest BCUT2D eigenvalue weighted by molar-refractivity contribution is -0.155. The number of halogens is 1. The van der Waals surface area contributed by atoms with Crippen LogP contribution in [-0.2, 0) is 4.79 Å². The highest BCUT2D eigenvalue weighted by Crippen LogP contribution is 2.35. The largest absolute Gasteiger partial charge is 0.380 e. The Balaban J connectivity index is 1.41. The van der Waals surface area contributed by atoms with Gasteiger partial charge in [-0.25, -0.2) is 4.39 Å². The van der Waals surface area contributed by atoms with Crippen LogP contribution >= 0.6 is 0 Å². The lowest BCUT2D eigenvalue weighted by Crippen LogP contribution is -2.52. The Hall–Kier alpha value is -2.21. The van der Waals surface area contributed by atoms with E-state index < -0.39 is 5.60 Å². The number of aromatic nitrogens is 2. The Kier molecular flexibility index (Phi) is 5.00. The SMILES string of the molecule is O=C(N1CCC(c2ccc(-c3cn[nH]c3)cc2F)CC1)C1(O)CCCCC1. The summed E-state index contributed by atoms with van der Waals surface area (Å²) in [5, 5.41) is 17.3. The first-order chi connectivity index (χ1) is 13.1. The van der Waals surface area contributed by atoms with Crippen molar-refractivity contribution in [2.75, 3.05) is 13.1 Å². The summed E-state index contributed by atoms with van der Waals surface area (Å²) in [7, 11) is 0. The third kappa shape index (κ3) is 3.63. The van der Waals surface area contributed by atoms with Gasteiger partial charge in [0.2, 0.25) is 0 Å². The van der Waals surface area contributed by atoms with Crippen LogP contribution in [0.15, 0.2) is 30.6 Å². The van der Waals surface area contributed by atoms with Crippen molar-refractivity contribution in [1.29, 1.82) is 0 Å². The molecule has 6 heteroatoms. The van der Waals surface area contributed by atoms with Gasteiger partial charge in [-0.05, 0) is 48.8 Å². The molecule has 0 unspecified atom stereocenters. The lowest BCUT2D eigenvalue weighted by atomic mass is 9.82. The fourth-order valence-corrected chi connectivity index (χ4v) is 4.48. The number of hydrogen-bond donors (Lipinski definition) is 2. The topological polar surface area (TPSA) is 69.2 Å². The number of piperidine rings is 1. The summed E-state index contributed by atoms with van der Waals surface area (Å²) in [6.45, 7) is 1.16. The van der Waals surface area contributed by atoms with Crippen LogP contribution in [0.3, 0.4) is 0 Å². The van der Waals surface area contributed by atoms with Crippen LogP contribution in [0.5, 0.6) is 0 Å². The number of nitrogens with zero attached hydrogens (tertiary/aromatic N) is 2. The van der Waals surface area contributed by atoms with E-state index in [1.54, 1.807) is 23.4 Å². The predicted octanol–water partition coefficient (Wildman–Crippen LogP) is 3.62. The van der Waals surface area contributed by atoms with E-state index in [1.165, 1.54) is 0 Å². The molecule has 1 amide bonds. The number of aromatic amines is 1. The number of nitrogens with one attached hydrogen (secondary N) is 1. The number of benzene rings is 1. The number of aliphatic hydroxyl groups is 1. The molecule has 2 fully saturated rings. The third-order valence-electron chi connectivity index (χ3n) is 6.13. The highest BCUT2D eigenvalue weighted by molar-refractivity contribution is 5.85. The Morgan fingerprint density at radius 3 is 2.56 bits per heavy atom. The number of rotatable bonds is 3. The lowest BCUT2D eigenvalue weighted by Gasteiger charge is -2.39. The molecule has 1 aromatic heterocycles. The van der Waals surface area contributed by atoms with Crippen molar-refractivity contribution in [1.82, 2.24) is 15.1 Å². The van der Waals surface area contributed by atoms with E-state index in [1.807, 2.05) is 12.1 Å². The monoisotopic (exact) mass is 371 g/mol. The highest BCUT2D eigenvalue weighted by atomic mass is 19.1.